The van der Waals surface area contributed by atoms with E-state index in [4.69, 9.17) is 12.2 Å². The van der Waals surface area contributed by atoms with Crippen LogP contribution in [0.1, 0.15) is 0 Å². The normalized spacial score (nSPS) is 9.85. The third-order valence-corrected chi connectivity index (χ3v) is 1.75. The summed E-state index contributed by atoms with van der Waals surface area (Å²) in [4.78, 5) is 14.8. The first-order valence-electron chi connectivity index (χ1n) is 3.66. The van der Waals surface area contributed by atoms with Crippen LogP contribution < -0.4 is 0 Å². The first kappa shape index (κ1) is 8.00. The monoisotopic (exact) mass is 190 g/mol. The van der Waals surface area contributed by atoms with Crippen LogP contribution in [0.25, 0.3) is 11.3 Å². The predicted octanol–water partition coefficient (Wildman–Crippen LogP) is 1.60. The van der Waals surface area contributed by atoms with Gasteiger partial charge in [-0.15, -0.1) is 0 Å². The topological polar surface area (TPSA) is 54.5 Å². The summed E-state index contributed by atoms with van der Waals surface area (Å²) in [6.45, 7) is 0. The van der Waals surface area contributed by atoms with E-state index in [9.17, 15) is 0 Å². The number of aromatic amines is 1. The van der Waals surface area contributed by atoms with Crippen molar-refractivity contribution in [2.24, 2.45) is 0 Å². The standard InChI is InChI=1S/C8H6N4S/c13-8-4-11-7(3-12-8)6-1-9-5-10-2-6/h1-5H,(H,12,13). The highest BCUT2D eigenvalue weighted by atomic mass is 32.1. The highest BCUT2D eigenvalue weighted by molar-refractivity contribution is 7.71. The lowest BCUT2D eigenvalue weighted by Gasteiger charge is -1.96. The highest BCUT2D eigenvalue weighted by Gasteiger charge is 1.96. The molecule has 0 aliphatic rings. The van der Waals surface area contributed by atoms with Gasteiger partial charge in [0, 0.05) is 24.2 Å². The summed E-state index contributed by atoms with van der Waals surface area (Å²) in [5, 5.41) is 0. The molecule has 13 heavy (non-hydrogen) atoms. The minimum Gasteiger partial charge on any atom is -0.350 e. The molecule has 0 saturated carbocycles. The van der Waals surface area contributed by atoms with E-state index in [2.05, 4.69) is 19.9 Å². The van der Waals surface area contributed by atoms with Crippen LogP contribution in [0.2, 0.25) is 0 Å². The smallest absolute Gasteiger partial charge is 0.121 e. The van der Waals surface area contributed by atoms with Gasteiger partial charge in [-0.3, -0.25) is 4.98 Å². The Morgan fingerprint density at radius 3 is 2.54 bits per heavy atom. The minimum absolute atomic E-state index is 0.612. The van der Waals surface area contributed by atoms with Gasteiger partial charge in [-0.2, -0.15) is 0 Å². The van der Waals surface area contributed by atoms with Gasteiger partial charge in [0.1, 0.15) is 11.0 Å². The average molecular weight is 190 g/mol. The number of aromatic nitrogens is 4. The van der Waals surface area contributed by atoms with Gasteiger partial charge in [0.15, 0.2) is 0 Å². The molecule has 2 aromatic heterocycles. The summed E-state index contributed by atoms with van der Waals surface area (Å²) in [7, 11) is 0. The molecule has 2 rings (SSSR count). The summed E-state index contributed by atoms with van der Waals surface area (Å²) < 4.78 is 0.612. The second kappa shape index (κ2) is 3.40. The third-order valence-electron chi connectivity index (χ3n) is 1.53. The fourth-order valence-electron chi connectivity index (χ4n) is 0.931. The second-order valence-electron chi connectivity index (χ2n) is 2.42. The molecule has 0 amide bonds. The number of H-pyrrole nitrogens is 1. The van der Waals surface area contributed by atoms with Gasteiger partial charge >= 0.3 is 0 Å². The summed E-state index contributed by atoms with van der Waals surface area (Å²) >= 11 is 4.87. The highest BCUT2D eigenvalue weighted by Crippen LogP contribution is 2.11. The molecule has 4 nitrogen and oxygen atoms in total. The molecule has 0 bridgehead atoms. The Kier molecular flexibility index (Phi) is 2.09. The Morgan fingerprint density at radius 2 is 1.92 bits per heavy atom. The van der Waals surface area contributed by atoms with Crippen molar-refractivity contribution in [2.75, 3.05) is 0 Å². The van der Waals surface area contributed by atoms with Gasteiger partial charge in [-0.25, -0.2) is 9.97 Å². The van der Waals surface area contributed by atoms with Crippen LogP contribution in [0.15, 0.2) is 31.1 Å². The lowest BCUT2D eigenvalue weighted by Crippen LogP contribution is -1.87. The molecule has 1 N–H and O–H groups in total. The fraction of sp³-hybridized carbons (Fsp3) is 0. The summed E-state index contributed by atoms with van der Waals surface area (Å²) in [5.41, 5.74) is 1.66. The van der Waals surface area contributed by atoms with E-state index in [0.717, 1.165) is 11.3 Å². The van der Waals surface area contributed by atoms with Crippen molar-refractivity contribution in [3.05, 3.63) is 35.8 Å². The first-order chi connectivity index (χ1) is 6.36. The largest absolute Gasteiger partial charge is 0.350 e. The van der Waals surface area contributed by atoms with Crippen molar-refractivity contribution < 1.29 is 0 Å². The summed E-state index contributed by atoms with van der Waals surface area (Å²) in [6, 6.07) is 0. The Balaban J connectivity index is 2.48. The van der Waals surface area contributed by atoms with E-state index in [1.807, 2.05) is 0 Å². The molecule has 0 fully saturated rings. The van der Waals surface area contributed by atoms with Crippen LogP contribution in [0, 0.1) is 4.64 Å². The van der Waals surface area contributed by atoms with Gasteiger partial charge in [-0.05, 0) is 0 Å². The molecule has 0 spiro atoms. The number of nitrogens with one attached hydrogen (secondary N) is 1. The van der Waals surface area contributed by atoms with E-state index in [0.29, 0.717) is 4.64 Å². The molecule has 0 aliphatic carbocycles. The average Bonchev–Trinajstić information content (AvgIpc) is 2.20. The van der Waals surface area contributed by atoms with Crippen LogP contribution >= 0.6 is 12.2 Å². The molecular weight excluding hydrogens is 184 g/mol. The summed E-state index contributed by atoms with van der Waals surface area (Å²) in [6.07, 6.45) is 8.21. The molecule has 64 valence electrons. The zero-order valence-corrected chi connectivity index (χ0v) is 7.45. The van der Waals surface area contributed by atoms with Crippen LogP contribution in [-0.4, -0.2) is 19.9 Å². The van der Waals surface area contributed by atoms with Crippen LogP contribution in [0.3, 0.4) is 0 Å². The zero-order valence-electron chi connectivity index (χ0n) is 6.64. The van der Waals surface area contributed by atoms with E-state index in [1.54, 1.807) is 24.8 Å². The molecule has 0 unspecified atom stereocenters. The van der Waals surface area contributed by atoms with E-state index in [-0.39, 0.29) is 0 Å². The molecule has 2 aromatic rings. The van der Waals surface area contributed by atoms with Crippen LogP contribution in [0.4, 0.5) is 0 Å². The Hall–Kier alpha value is -1.62. The molecular formula is C8H6N4S. The van der Waals surface area contributed by atoms with Gasteiger partial charge in [-0.1, -0.05) is 12.2 Å². The second-order valence-corrected chi connectivity index (χ2v) is 2.86. The minimum atomic E-state index is 0.612. The Labute approximate surface area is 79.7 Å². The number of rotatable bonds is 1. The maximum Gasteiger partial charge on any atom is 0.121 e. The maximum absolute atomic E-state index is 4.87. The first-order valence-corrected chi connectivity index (χ1v) is 4.07. The van der Waals surface area contributed by atoms with Crippen LogP contribution in [0.5, 0.6) is 0 Å². The Morgan fingerprint density at radius 1 is 1.15 bits per heavy atom. The van der Waals surface area contributed by atoms with Crippen LogP contribution in [-0.2, 0) is 0 Å². The van der Waals surface area contributed by atoms with Gasteiger partial charge in [0.05, 0.1) is 11.9 Å². The fourth-order valence-corrected chi connectivity index (χ4v) is 1.04. The van der Waals surface area contributed by atoms with E-state index in [1.165, 1.54) is 6.33 Å². The number of hydrogen-bond acceptors (Lipinski definition) is 4. The Bertz CT molecular complexity index is 431. The number of hydrogen-bond donors (Lipinski definition) is 1. The van der Waals surface area contributed by atoms with Gasteiger partial charge in [0.2, 0.25) is 0 Å². The van der Waals surface area contributed by atoms with E-state index < -0.39 is 0 Å². The third kappa shape index (κ3) is 1.75. The number of nitrogens with zero attached hydrogens (tertiary/aromatic N) is 3. The lowest BCUT2D eigenvalue weighted by atomic mass is 10.2. The zero-order chi connectivity index (χ0) is 9.10. The molecule has 2 heterocycles. The molecule has 0 aromatic carbocycles. The van der Waals surface area contributed by atoms with Gasteiger partial charge < -0.3 is 4.98 Å². The molecule has 0 aliphatic heterocycles. The van der Waals surface area contributed by atoms with Crippen molar-refractivity contribution in [3.8, 4) is 11.3 Å². The molecule has 0 saturated heterocycles. The predicted molar refractivity (Wildman–Crippen MR) is 50.4 cm³/mol. The van der Waals surface area contributed by atoms with Crippen molar-refractivity contribution in [1.29, 1.82) is 0 Å². The summed E-state index contributed by atoms with van der Waals surface area (Å²) in [5.74, 6) is 0. The van der Waals surface area contributed by atoms with Crippen molar-refractivity contribution in [3.63, 3.8) is 0 Å². The quantitative estimate of drug-likeness (QED) is 0.694. The van der Waals surface area contributed by atoms with Crippen molar-refractivity contribution >= 4 is 12.2 Å². The maximum atomic E-state index is 4.87. The molecule has 0 atom stereocenters. The lowest BCUT2D eigenvalue weighted by molar-refractivity contribution is 1.14. The SMILES string of the molecule is S=c1cnc(-c2cncnc2)c[nH]1. The van der Waals surface area contributed by atoms with E-state index >= 15 is 0 Å². The van der Waals surface area contributed by atoms with Gasteiger partial charge in [0.25, 0.3) is 0 Å². The van der Waals surface area contributed by atoms with Crippen molar-refractivity contribution in [1.82, 2.24) is 19.9 Å². The van der Waals surface area contributed by atoms with Crippen molar-refractivity contribution in [2.45, 2.75) is 0 Å². The molecule has 0 radical (unpaired) electrons. The molecule has 5 heteroatoms.